The maximum absolute atomic E-state index is 14.6. The van der Waals surface area contributed by atoms with Crippen LogP contribution in [-0.2, 0) is 66.7 Å². The number of amides is 6. The highest BCUT2D eigenvalue weighted by Gasteiger charge is 2.48. The minimum atomic E-state index is -1.29. The van der Waals surface area contributed by atoms with E-state index in [2.05, 4.69) is 36.4 Å². The lowest BCUT2D eigenvalue weighted by molar-refractivity contribution is -0.143. The molecule has 0 saturated carbocycles. The number of thiazole rings is 3. The monoisotopic (exact) mass is 1370 g/mol. The van der Waals surface area contributed by atoms with Crippen molar-refractivity contribution >= 4 is 69.5 Å². The van der Waals surface area contributed by atoms with Crippen molar-refractivity contribution in [2.45, 2.75) is 161 Å². The molecular formula is C70H76N12O12S3. The number of β-amino-alcohol motifs (C(OH)–C–C–N with tert-alkyl or cyclic N) is 3. The SMILES string of the molecule is Cc1cc([C@@H](C)C(=O)N2C[C@H](O)C[C@H]2C(=O)NCc2ccc(-c3scnc3Cc3c(C)noc3[C@H](C)C(=O)N3C[C@H](O)C[C@H]3C(=O)NCc3ccc(-c4scnc4Cc4c(C)noc4C(C)(C)C(=O)N4C[C@H](O)C[C@H]4C(=O)NCc4ccc(-c5scnc5C)cc4)cc3)cc2)on1. The molecule has 97 heavy (non-hydrogen) atoms. The van der Waals surface area contributed by atoms with Crippen molar-refractivity contribution in [2.24, 2.45) is 0 Å². The van der Waals surface area contributed by atoms with Crippen molar-refractivity contribution in [3.05, 3.63) is 175 Å². The van der Waals surface area contributed by atoms with Gasteiger partial charge in [-0.1, -0.05) is 88.3 Å². The van der Waals surface area contributed by atoms with Gasteiger partial charge in [0.1, 0.15) is 29.3 Å². The first-order valence-corrected chi connectivity index (χ1v) is 34.8. The first kappa shape index (κ1) is 67.8. The Balaban J connectivity index is 0.640. The van der Waals surface area contributed by atoms with E-state index in [0.717, 1.165) is 65.1 Å². The zero-order valence-corrected chi connectivity index (χ0v) is 57.3. The van der Waals surface area contributed by atoms with Crippen LogP contribution in [0.4, 0.5) is 0 Å². The third-order valence-electron chi connectivity index (χ3n) is 18.6. The van der Waals surface area contributed by atoms with Gasteiger partial charge in [-0.2, -0.15) is 0 Å². The highest BCUT2D eigenvalue weighted by molar-refractivity contribution is 7.14. The first-order valence-electron chi connectivity index (χ1n) is 32.2. The minimum Gasteiger partial charge on any atom is -0.391 e. The maximum Gasteiger partial charge on any atom is 0.243 e. The van der Waals surface area contributed by atoms with E-state index in [1.54, 1.807) is 70.0 Å². The van der Waals surface area contributed by atoms with E-state index in [-0.39, 0.29) is 95.0 Å². The molecule has 0 bridgehead atoms. The number of aromatic nitrogens is 6. The number of aliphatic hydroxyl groups is 3. The van der Waals surface area contributed by atoms with Gasteiger partial charge in [0.15, 0.2) is 11.5 Å². The van der Waals surface area contributed by atoms with E-state index in [1.807, 2.05) is 92.2 Å². The van der Waals surface area contributed by atoms with Crippen LogP contribution in [-0.4, -0.2) is 152 Å². The highest BCUT2D eigenvalue weighted by atomic mass is 32.1. The summed E-state index contributed by atoms with van der Waals surface area (Å²) >= 11 is 4.47. The number of nitrogens with one attached hydrogen (secondary N) is 3. The molecule has 3 saturated heterocycles. The average Bonchev–Trinajstić information content (AvgIpc) is 1.67. The van der Waals surface area contributed by atoms with Crippen LogP contribution in [0.15, 0.2) is 109 Å². The summed E-state index contributed by atoms with van der Waals surface area (Å²) in [4.78, 5) is 105. The van der Waals surface area contributed by atoms with Crippen LogP contribution in [0.1, 0.15) is 138 Å². The molecule has 27 heteroatoms. The number of likely N-dealkylation sites (tertiary alicyclic amines) is 3. The third kappa shape index (κ3) is 14.3. The normalized spacial score (nSPS) is 19.4. The molecule has 6 N–H and O–H groups in total. The summed E-state index contributed by atoms with van der Waals surface area (Å²) in [7, 11) is 0. The molecule has 3 fully saturated rings. The van der Waals surface area contributed by atoms with Crippen LogP contribution in [0.25, 0.3) is 31.3 Å². The van der Waals surface area contributed by atoms with Crippen LogP contribution in [0, 0.1) is 27.7 Å². The predicted molar refractivity (Wildman–Crippen MR) is 360 cm³/mol. The summed E-state index contributed by atoms with van der Waals surface area (Å²) in [5, 5.41) is 53.7. The second-order valence-electron chi connectivity index (χ2n) is 25.9. The summed E-state index contributed by atoms with van der Waals surface area (Å²) in [6, 6.07) is 22.2. The molecule has 0 spiro atoms. The van der Waals surface area contributed by atoms with Crippen molar-refractivity contribution < 1.29 is 57.7 Å². The molecule has 0 aliphatic carbocycles. The molecule has 6 amide bonds. The Morgan fingerprint density at radius 2 is 0.938 bits per heavy atom. The molecule has 3 aliphatic rings. The molecule has 9 aromatic rings. The number of aliphatic hydroxyl groups excluding tert-OH is 3. The fraction of sp³-hybridized carbons (Fsp3) is 0.400. The van der Waals surface area contributed by atoms with Gasteiger partial charge in [-0.05, 0) is 88.8 Å². The van der Waals surface area contributed by atoms with Gasteiger partial charge in [0, 0.05) is 88.6 Å². The van der Waals surface area contributed by atoms with Gasteiger partial charge in [-0.15, -0.1) is 34.0 Å². The van der Waals surface area contributed by atoms with E-state index in [1.165, 1.54) is 37.4 Å². The summed E-state index contributed by atoms with van der Waals surface area (Å²) in [5.41, 5.74) is 14.9. The Kier molecular flexibility index (Phi) is 20.0. The summed E-state index contributed by atoms with van der Waals surface area (Å²) in [6.45, 7) is 14.7. The van der Waals surface area contributed by atoms with Crippen molar-refractivity contribution in [3.8, 4) is 31.3 Å². The summed E-state index contributed by atoms with van der Waals surface area (Å²) in [5.74, 6) is -2.77. The van der Waals surface area contributed by atoms with Gasteiger partial charge in [0.25, 0.3) is 0 Å². The largest absolute Gasteiger partial charge is 0.391 e. The molecule has 9 heterocycles. The zero-order valence-electron chi connectivity index (χ0n) is 54.9. The maximum atomic E-state index is 14.6. The van der Waals surface area contributed by atoms with E-state index < -0.39 is 65.5 Å². The molecule has 506 valence electrons. The Morgan fingerprint density at radius 1 is 0.526 bits per heavy atom. The van der Waals surface area contributed by atoms with Crippen molar-refractivity contribution in [1.82, 2.24) is 61.1 Å². The number of hydrogen-bond acceptors (Lipinski definition) is 21. The average molecular weight is 1370 g/mol. The Labute approximate surface area is 571 Å². The van der Waals surface area contributed by atoms with Gasteiger partial charge in [-0.3, -0.25) is 28.8 Å². The van der Waals surface area contributed by atoms with Crippen molar-refractivity contribution in [3.63, 3.8) is 0 Å². The molecule has 0 radical (unpaired) electrons. The Morgan fingerprint density at radius 3 is 1.40 bits per heavy atom. The van der Waals surface area contributed by atoms with E-state index in [9.17, 15) is 44.1 Å². The summed E-state index contributed by atoms with van der Waals surface area (Å²) < 4.78 is 17.1. The number of carbonyl (C=O) groups is 6. The fourth-order valence-corrected chi connectivity index (χ4v) is 15.6. The smallest absolute Gasteiger partial charge is 0.243 e. The highest BCUT2D eigenvalue weighted by Crippen LogP contribution is 2.39. The third-order valence-corrected chi connectivity index (χ3v) is 21.5. The number of rotatable bonds is 22. The zero-order chi connectivity index (χ0) is 68.6. The lowest BCUT2D eigenvalue weighted by Crippen LogP contribution is -2.51. The molecule has 6 aromatic heterocycles. The van der Waals surface area contributed by atoms with E-state index in [0.29, 0.717) is 45.5 Å². The van der Waals surface area contributed by atoms with Gasteiger partial charge in [-0.25, -0.2) is 15.0 Å². The van der Waals surface area contributed by atoms with E-state index in [4.69, 9.17) is 23.5 Å². The fourth-order valence-electron chi connectivity index (χ4n) is 13.1. The number of nitrogens with zero attached hydrogens (tertiary/aromatic N) is 9. The molecule has 8 atom stereocenters. The van der Waals surface area contributed by atoms with Crippen LogP contribution >= 0.6 is 34.0 Å². The second kappa shape index (κ2) is 28.5. The molecule has 0 unspecified atom stereocenters. The van der Waals surface area contributed by atoms with Gasteiger partial charge < -0.3 is 59.5 Å². The predicted octanol–water partition coefficient (Wildman–Crippen LogP) is 7.76. The lowest BCUT2D eigenvalue weighted by atomic mass is 9.84. The summed E-state index contributed by atoms with van der Waals surface area (Å²) in [6.07, 6.45) is -1.84. The number of carbonyl (C=O) groups excluding carboxylic acids is 6. The molecule has 3 aromatic carbocycles. The van der Waals surface area contributed by atoms with Crippen LogP contribution in [0.5, 0.6) is 0 Å². The van der Waals surface area contributed by atoms with E-state index >= 15 is 0 Å². The molecule has 12 rings (SSSR count). The van der Waals surface area contributed by atoms with Crippen LogP contribution < -0.4 is 16.0 Å². The quantitative estimate of drug-likeness (QED) is 0.0377. The molecule has 3 aliphatic heterocycles. The van der Waals surface area contributed by atoms with Gasteiger partial charge in [0.2, 0.25) is 35.4 Å². The lowest BCUT2D eigenvalue weighted by Gasteiger charge is -2.31. The minimum absolute atomic E-state index is 0.0173. The van der Waals surface area contributed by atoms with Crippen LogP contribution in [0.3, 0.4) is 0 Å². The topological polar surface area (TPSA) is 326 Å². The van der Waals surface area contributed by atoms with Gasteiger partial charge in [0.05, 0.1) is 95.5 Å². The number of hydrogen-bond donors (Lipinski definition) is 6. The molecular weight excluding hydrogens is 1300 g/mol. The standard InChI is InChI=1S/C70H76N12O12S3/c1-36-21-58(92-77-36)37(2)67(89)80-30-48(83)22-55(80)64(86)71-27-43-11-17-46(18-12-43)61-53(75-34-96-61)25-51-39(4)78-93-59(51)38(3)68(90)81-31-49(84)23-56(81)65(87)72-28-44-13-19-47(20-14-44)62-54(76-35-97-62)26-52-40(5)79-94-63(52)70(7,8)69(91)82-32-50(85)24-57(82)66(88)73-29-42-9-15-45(16-10-42)60-41(6)74-33-95-60/h9-21,33-35,37-38,48-50,55-57,83-85H,22-32H2,1-8H3,(H,71,86)(H,72,87)(H,73,88)/t37-,38+,48-,49-,50-,55+,56+,57+/m1/s1. The number of aryl methyl sites for hydroxylation is 4. The molecule has 24 nitrogen and oxygen atoms in total. The van der Waals surface area contributed by atoms with Crippen molar-refractivity contribution in [2.75, 3.05) is 19.6 Å². The van der Waals surface area contributed by atoms with Crippen LogP contribution in [0.2, 0.25) is 0 Å². The van der Waals surface area contributed by atoms with Gasteiger partial charge >= 0.3 is 0 Å². The number of benzene rings is 3. The Bertz CT molecular complexity index is 4360. The van der Waals surface area contributed by atoms with Crippen molar-refractivity contribution in [1.29, 1.82) is 0 Å². The second-order valence-corrected chi connectivity index (χ2v) is 28.5. The Hall–Kier alpha value is -9.12. The first-order chi connectivity index (χ1) is 46.5.